The fourth-order valence-corrected chi connectivity index (χ4v) is 5.07. The summed E-state index contributed by atoms with van der Waals surface area (Å²) in [4.78, 5) is 25.6. The Labute approximate surface area is 227 Å². The largest absolute Gasteiger partial charge is 0.394 e. The Morgan fingerprint density at radius 3 is 2.30 bits per heavy atom. The van der Waals surface area contributed by atoms with E-state index in [0.717, 1.165) is 18.2 Å². The zero-order valence-corrected chi connectivity index (χ0v) is 21.3. The van der Waals surface area contributed by atoms with Crippen molar-refractivity contribution in [2.24, 2.45) is 5.92 Å². The van der Waals surface area contributed by atoms with Crippen LogP contribution in [0, 0.1) is 17.6 Å². The highest BCUT2D eigenvalue weighted by molar-refractivity contribution is 6.53. The quantitative estimate of drug-likeness (QED) is 0.156. The summed E-state index contributed by atoms with van der Waals surface area (Å²) in [6.45, 7) is 0. The molecule has 0 saturated heterocycles. The average molecular weight is 595 g/mol. The monoisotopic (exact) mass is 593 g/mol. The highest BCUT2D eigenvalue weighted by Gasteiger charge is 2.67. The summed E-state index contributed by atoms with van der Waals surface area (Å²) in [5, 5.41) is 4.64. The lowest BCUT2D eigenvalue weighted by atomic mass is 10.1. The Hall–Kier alpha value is -2.72. The molecule has 2 unspecified atom stereocenters. The van der Waals surface area contributed by atoms with Crippen molar-refractivity contribution in [1.82, 2.24) is 0 Å². The standard InChI is InChI=1S/C24H15Cl4F4N3O2/c25-13-3-1-9(7-11(13)21(31)32)17-18(24(17,27)28)23(37)34-10-2-4-14(26)12(8-10)22(36)35-16-6-5-15(29)20(33)19(16)30/h1-8,17-18,21H,33H2,(H,34,37)(H,35,36). The number of carbonyl (C=O) groups excluding carboxylic acids is 2. The SMILES string of the molecule is Nc1c(F)ccc(NC(=O)c2cc(NC(=O)C3C(c4ccc(Cl)c(C(F)F)c4)C3(Cl)Cl)ccc2Cl)c1F. The molecule has 0 bridgehead atoms. The first kappa shape index (κ1) is 27.3. The van der Waals surface area contributed by atoms with E-state index in [2.05, 4.69) is 10.6 Å². The van der Waals surface area contributed by atoms with Gasteiger partial charge in [-0.1, -0.05) is 29.3 Å². The number of nitrogens with one attached hydrogen (secondary N) is 2. The van der Waals surface area contributed by atoms with Gasteiger partial charge in [-0.2, -0.15) is 0 Å². The van der Waals surface area contributed by atoms with Gasteiger partial charge in [-0.25, -0.2) is 17.6 Å². The molecule has 0 radical (unpaired) electrons. The number of carbonyl (C=O) groups is 2. The number of halogens is 8. The van der Waals surface area contributed by atoms with Crippen LogP contribution in [0.15, 0.2) is 48.5 Å². The molecule has 4 N–H and O–H groups in total. The van der Waals surface area contributed by atoms with Crippen molar-refractivity contribution in [2.75, 3.05) is 16.4 Å². The highest BCUT2D eigenvalue weighted by atomic mass is 35.5. The molecule has 1 saturated carbocycles. The third-order valence-electron chi connectivity index (χ3n) is 5.80. The second kappa shape index (κ2) is 10.2. The Bertz CT molecular complexity index is 1420. The van der Waals surface area contributed by atoms with Gasteiger partial charge in [0.1, 0.15) is 15.8 Å². The van der Waals surface area contributed by atoms with Crippen LogP contribution in [0.25, 0.3) is 0 Å². The number of amides is 2. The number of benzene rings is 3. The van der Waals surface area contributed by atoms with Gasteiger partial charge in [0.25, 0.3) is 12.3 Å². The van der Waals surface area contributed by atoms with Crippen molar-refractivity contribution in [3.63, 3.8) is 0 Å². The Kier molecular flexibility index (Phi) is 7.54. The molecule has 0 aliphatic heterocycles. The van der Waals surface area contributed by atoms with E-state index in [9.17, 15) is 27.2 Å². The minimum atomic E-state index is -2.84. The van der Waals surface area contributed by atoms with Crippen LogP contribution in [0.2, 0.25) is 10.0 Å². The second-order valence-electron chi connectivity index (χ2n) is 8.17. The van der Waals surface area contributed by atoms with Gasteiger partial charge in [-0.05, 0) is 48.0 Å². The molecule has 5 nitrogen and oxygen atoms in total. The third-order valence-corrected chi connectivity index (χ3v) is 7.42. The van der Waals surface area contributed by atoms with E-state index in [0.29, 0.717) is 5.56 Å². The van der Waals surface area contributed by atoms with Crippen molar-refractivity contribution < 1.29 is 27.2 Å². The molecular weight excluding hydrogens is 580 g/mol. The maximum Gasteiger partial charge on any atom is 0.265 e. The predicted octanol–water partition coefficient (Wildman–Crippen LogP) is 7.57. The van der Waals surface area contributed by atoms with Gasteiger partial charge in [-0.3, -0.25) is 9.59 Å². The zero-order chi connectivity index (χ0) is 27.2. The molecule has 194 valence electrons. The van der Waals surface area contributed by atoms with Crippen LogP contribution in [-0.2, 0) is 4.79 Å². The molecule has 0 heterocycles. The molecule has 4 rings (SSSR count). The van der Waals surface area contributed by atoms with Crippen LogP contribution in [0.5, 0.6) is 0 Å². The Balaban J connectivity index is 1.52. The number of alkyl halides is 4. The fourth-order valence-electron chi connectivity index (χ4n) is 3.84. The molecule has 3 aromatic rings. The summed E-state index contributed by atoms with van der Waals surface area (Å²) >= 11 is 24.5. The Morgan fingerprint density at radius 1 is 0.946 bits per heavy atom. The van der Waals surface area contributed by atoms with Crippen molar-refractivity contribution in [3.8, 4) is 0 Å². The fraction of sp³-hybridized carbons (Fsp3) is 0.167. The van der Waals surface area contributed by atoms with Crippen molar-refractivity contribution in [1.29, 1.82) is 0 Å². The average Bonchev–Trinajstić information content (AvgIpc) is 3.42. The zero-order valence-electron chi connectivity index (χ0n) is 18.3. The first-order valence-corrected chi connectivity index (χ1v) is 11.9. The summed E-state index contributed by atoms with van der Waals surface area (Å²) in [5.74, 6) is -5.46. The molecule has 1 aliphatic rings. The van der Waals surface area contributed by atoms with Crippen LogP contribution in [0.1, 0.15) is 33.8 Å². The lowest BCUT2D eigenvalue weighted by molar-refractivity contribution is -0.117. The molecule has 1 fully saturated rings. The van der Waals surface area contributed by atoms with E-state index in [-0.39, 0.29) is 27.0 Å². The highest BCUT2D eigenvalue weighted by Crippen LogP contribution is 2.65. The van der Waals surface area contributed by atoms with Crippen molar-refractivity contribution in [2.45, 2.75) is 16.7 Å². The van der Waals surface area contributed by atoms with Gasteiger partial charge in [0.15, 0.2) is 5.82 Å². The van der Waals surface area contributed by atoms with E-state index in [1.807, 2.05) is 0 Å². The van der Waals surface area contributed by atoms with E-state index in [4.69, 9.17) is 52.1 Å². The third kappa shape index (κ3) is 5.31. The van der Waals surface area contributed by atoms with Crippen LogP contribution in [0.3, 0.4) is 0 Å². The summed E-state index contributed by atoms with van der Waals surface area (Å²) in [6.07, 6.45) is -2.84. The summed E-state index contributed by atoms with van der Waals surface area (Å²) in [6, 6.07) is 9.68. The van der Waals surface area contributed by atoms with Gasteiger partial charge < -0.3 is 16.4 Å². The molecule has 0 spiro atoms. The van der Waals surface area contributed by atoms with Crippen LogP contribution >= 0.6 is 46.4 Å². The number of nitrogens with two attached hydrogens (primary N) is 1. The molecule has 0 aromatic heterocycles. The van der Waals surface area contributed by atoms with Crippen molar-refractivity contribution in [3.05, 3.63) is 86.9 Å². The number of nitrogen functional groups attached to an aromatic ring is 1. The number of anilines is 3. The lowest BCUT2D eigenvalue weighted by Gasteiger charge is -2.11. The first-order valence-electron chi connectivity index (χ1n) is 10.4. The minimum Gasteiger partial charge on any atom is -0.394 e. The molecule has 1 aliphatic carbocycles. The van der Waals surface area contributed by atoms with Crippen molar-refractivity contribution >= 4 is 75.3 Å². The molecular formula is C24H15Cl4F4N3O2. The van der Waals surface area contributed by atoms with Gasteiger partial charge >= 0.3 is 0 Å². The van der Waals surface area contributed by atoms with Crippen LogP contribution in [-0.4, -0.2) is 16.1 Å². The smallest absolute Gasteiger partial charge is 0.265 e. The predicted molar refractivity (Wildman–Crippen MR) is 136 cm³/mol. The number of hydrogen-bond acceptors (Lipinski definition) is 3. The normalized spacial score (nSPS) is 18.0. The van der Waals surface area contributed by atoms with Gasteiger partial charge in [0, 0.05) is 22.2 Å². The maximum absolute atomic E-state index is 14.2. The number of rotatable bonds is 6. The van der Waals surface area contributed by atoms with Crippen LogP contribution < -0.4 is 16.4 Å². The summed E-state index contributed by atoms with van der Waals surface area (Å²) in [5.41, 5.74) is 4.03. The topological polar surface area (TPSA) is 84.2 Å². The second-order valence-corrected chi connectivity index (χ2v) is 10.4. The Morgan fingerprint density at radius 2 is 1.62 bits per heavy atom. The van der Waals surface area contributed by atoms with Gasteiger partial charge in [0.2, 0.25) is 5.91 Å². The molecule has 37 heavy (non-hydrogen) atoms. The maximum atomic E-state index is 14.2. The van der Waals surface area contributed by atoms with Gasteiger partial charge in [0.05, 0.1) is 22.2 Å². The number of hydrogen-bond donors (Lipinski definition) is 3. The van der Waals surface area contributed by atoms with E-state index < -0.39 is 57.3 Å². The van der Waals surface area contributed by atoms with Gasteiger partial charge in [-0.15, -0.1) is 23.2 Å². The van der Waals surface area contributed by atoms with E-state index in [1.165, 1.54) is 30.3 Å². The summed E-state index contributed by atoms with van der Waals surface area (Å²) < 4.78 is 52.5. The summed E-state index contributed by atoms with van der Waals surface area (Å²) in [7, 11) is 0. The van der Waals surface area contributed by atoms with E-state index >= 15 is 0 Å². The van der Waals surface area contributed by atoms with Crippen LogP contribution in [0.4, 0.5) is 34.6 Å². The molecule has 13 heteroatoms. The first-order chi connectivity index (χ1) is 17.3. The molecule has 3 aromatic carbocycles. The minimum absolute atomic E-state index is 0.0278. The van der Waals surface area contributed by atoms with E-state index in [1.54, 1.807) is 0 Å². The molecule has 2 atom stereocenters. The lowest BCUT2D eigenvalue weighted by Crippen LogP contribution is -2.18. The molecule has 2 amide bonds.